The topological polar surface area (TPSA) is 49.8 Å². The molecule has 3 atom stereocenters. The van der Waals surface area contributed by atoms with Gasteiger partial charge in [-0.25, -0.2) is 0 Å². The van der Waals surface area contributed by atoms with Gasteiger partial charge in [-0.3, -0.25) is 9.69 Å². The molecule has 1 aliphatic heterocycles. The van der Waals surface area contributed by atoms with Crippen LogP contribution in [0.3, 0.4) is 0 Å². The molecule has 1 heterocycles. The number of hydrogen-bond donors (Lipinski definition) is 1. The fourth-order valence-electron chi connectivity index (χ4n) is 3.17. The van der Waals surface area contributed by atoms with Crippen LogP contribution in [0, 0.1) is 0 Å². The molecule has 1 fully saturated rings. The molecule has 2 rings (SSSR count). The summed E-state index contributed by atoms with van der Waals surface area (Å²) in [6.45, 7) is 0. The van der Waals surface area contributed by atoms with E-state index in [2.05, 4.69) is 11.9 Å². The van der Waals surface area contributed by atoms with E-state index in [4.69, 9.17) is 4.74 Å². The van der Waals surface area contributed by atoms with Crippen molar-refractivity contribution in [3.8, 4) is 0 Å². The van der Waals surface area contributed by atoms with Gasteiger partial charge in [-0.15, -0.1) is 0 Å². The fraction of sp³-hybridized carbons (Fsp3) is 0.588. The van der Waals surface area contributed by atoms with Crippen LogP contribution in [0.2, 0.25) is 0 Å². The van der Waals surface area contributed by atoms with Gasteiger partial charge >= 0.3 is 5.97 Å². The second-order valence-electron chi connectivity index (χ2n) is 5.85. The molecule has 0 radical (unpaired) electrons. The quantitative estimate of drug-likeness (QED) is 0.847. The van der Waals surface area contributed by atoms with Crippen molar-refractivity contribution in [3.63, 3.8) is 0 Å². The second-order valence-corrected chi connectivity index (χ2v) is 5.85. The van der Waals surface area contributed by atoms with Gasteiger partial charge in [-0.2, -0.15) is 0 Å². The molecule has 1 N–H and O–H groups in total. The third-order valence-corrected chi connectivity index (χ3v) is 4.54. The van der Waals surface area contributed by atoms with Crippen LogP contribution in [-0.4, -0.2) is 42.2 Å². The van der Waals surface area contributed by atoms with Crippen molar-refractivity contribution in [1.82, 2.24) is 4.90 Å². The van der Waals surface area contributed by atoms with E-state index in [0.29, 0.717) is 18.9 Å². The Kier molecular flexibility index (Phi) is 5.76. The van der Waals surface area contributed by atoms with Gasteiger partial charge in [0.1, 0.15) is 0 Å². The number of likely N-dealkylation sites (tertiary alicyclic amines) is 1. The molecule has 1 aromatic carbocycles. The number of esters is 1. The summed E-state index contributed by atoms with van der Waals surface area (Å²) < 4.78 is 4.77. The molecule has 0 saturated carbocycles. The molecule has 0 amide bonds. The molecule has 1 aromatic rings. The van der Waals surface area contributed by atoms with Crippen LogP contribution in [0.5, 0.6) is 0 Å². The van der Waals surface area contributed by atoms with E-state index < -0.39 is 6.10 Å². The molecule has 4 heteroatoms. The van der Waals surface area contributed by atoms with Crippen LogP contribution < -0.4 is 0 Å². The number of aliphatic hydroxyl groups excluding tert-OH is 1. The third-order valence-electron chi connectivity index (χ3n) is 4.54. The molecule has 0 bridgehead atoms. The number of methoxy groups -OCH3 is 1. The molecule has 0 spiro atoms. The molecule has 4 nitrogen and oxygen atoms in total. The summed E-state index contributed by atoms with van der Waals surface area (Å²) >= 11 is 0. The lowest BCUT2D eigenvalue weighted by Crippen LogP contribution is -2.45. The maximum absolute atomic E-state index is 11.5. The highest BCUT2D eigenvalue weighted by atomic mass is 16.5. The first-order chi connectivity index (χ1) is 10.1. The van der Waals surface area contributed by atoms with E-state index in [1.54, 1.807) is 0 Å². The number of hydrogen-bond acceptors (Lipinski definition) is 4. The van der Waals surface area contributed by atoms with Gasteiger partial charge in [-0.05, 0) is 31.9 Å². The minimum Gasteiger partial charge on any atom is -0.469 e. The van der Waals surface area contributed by atoms with Crippen LogP contribution in [-0.2, 0) is 9.53 Å². The first-order valence-electron chi connectivity index (χ1n) is 7.63. The highest BCUT2D eigenvalue weighted by molar-refractivity contribution is 5.69. The maximum atomic E-state index is 11.5. The SMILES string of the molecule is COC(=O)CC1CCCC(CC(O)c2ccccc2)N1C. The number of benzene rings is 1. The molecule has 1 aliphatic rings. The van der Waals surface area contributed by atoms with Gasteiger partial charge in [0.15, 0.2) is 0 Å². The first-order valence-corrected chi connectivity index (χ1v) is 7.63. The van der Waals surface area contributed by atoms with Crippen molar-refractivity contribution in [2.45, 2.75) is 50.3 Å². The number of rotatable bonds is 5. The summed E-state index contributed by atoms with van der Waals surface area (Å²) in [6.07, 6.45) is 3.87. The van der Waals surface area contributed by atoms with E-state index in [1.807, 2.05) is 30.3 Å². The number of carbonyl (C=O) groups excluding carboxylic acids is 1. The number of nitrogens with zero attached hydrogens (tertiary/aromatic N) is 1. The van der Waals surface area contributed by atoms with Crippen LogP contribution in [0.4, 0.5) is 0 Å². The molecule has 0 aromatic heterocycles. The molecule has 1 saturated heterocycles. The van der Waals surface area contributed by atoms with E-state index in [0.717, 1.165) is 24.8 Å². The van der Waals surface area contributed by atoms with E-state index >= 15 is 0 Å². The largest absolute Gasteiger partial charge is 0.469 e. The van der Waals surface area contributed by atoms with Gasteiger partial charge in [0.05, 0.1) is 19.6 Å². The fourth-order valence-corrected chi connectivity index (χ4v) is 3.17. The molecule has 3 unspecified atom stereocenters. The second kappa shape index (κ2) is 7.57. The lowest BCUT2D eigenvalue weighted by molar-refractivity contribution is -0.142. The summed E-state index contributed by atoms with van der Waals surface area (Å²) in [6, 6.07) is 10.3. The summed E-state index contributed by atoms with van der Waals surface area (Å²) in [7, 11) is 3.48. The predicted octanol–water partition coefficient (Wildman–Crippen LogP) is 2.53. The minimum atomic E-state index is -0.449. The summed E-state index contributed by atoms with van der Waals surface area (Å²) in [5.41, 5.74) is 0.959. The average Bonchev–Trinajstić information content (AvgIpc) is 2.52. The van der Waals surface area contributed by atoms with Crippen molar-refractivity contribution >= 4 is 5.97 Å². The lowest BCUT2D eigenvalue weighted by atomic mass is 9.90. The Labute approximate surface area is 126 Å². The van der Waals surface area contributed by atoms with Crippen molar-refractivity contribution in [1.29, 1.82) is 0 Å². The van der Waals surface area contributed by atoms with Crippen LogP contribution in [0.15, 0.2) is 30.3 Å². The van der Waals surface area contributed by atoms with Gasteiger partial charge in [-0.1, -0.05) is 36.8 Å². The van der Waals surface area contributed by atoms with Gasteiger partial charge in [0, 0.05) is 12.1 Å². The number of aliphatic hydroxyl groups is 1. The smallest absolute Gasteiger partial charge is 0.307 e. The Balaban J connectivity index is 1.94. The van der Waals surface area contributed by atoms with Crippen molar-refractivity contribution in [2.75, 3.05) is 14.2 Å². The Hall–Kier alpha value is -1.39. The average molecular weight is 291 g/mol. The van der Waals surface area contributed by atoms with E-state index in [9.17, 15) is 9.90 Å². The van der Waals surface area contributed by atoms with Crippen molar-refractivity contribution in [2.24, 2.45) is 0 Å². The predicted molar refractivity (Wildman–Crippen MR) is 81.8 cm³/mol. The highest BCUT2D eigenvalue weighted by Crippen LogP contribution is 2.29. The van der Waals surface area contributed by atoms with E-state index in [-0.39, 0.29) is 12.0 Å². The number of piperidine rings is 1. The summed E-state index contributed by atoms with van der Waals surface area (Å²) in [5.74, 6) is -0.156. The molecule has 116 valence electrons. The maximum Gasteiger partial charge on any atom is 0.307 e. The molecule has 21 heavy (non-hydrogen) atoms. The zero-order valence-corrected chi connectivity index (χ0v) is 12.9. The minimum absolute atomic E-state index is 0.156. The Bertz CT molecular complexity index is 449. The highest BCUT2D eigenvalue weighted by Gasteiger charge is 2.30. The van der Waals surface area contributed by atoms with Gasteiger partial charge in [0.2, 0.25) is 0 Å². The van der Waals surface area contributed by atoms with Crippen molar-refractivity contribution < 1.29 is 14.6 Å². The zero-order chi connectivity index (χ0) is 15.2. The molecule has 0 aliphatic carbocycles. The zero-order valence-electron chi connectivity index (χ0n) is 12.9. The van der Waals surface area contributed by atoms with Crippen LogP contribution >= 0.6 is 0 Å². The van der Waals surface area contributed by atoms with Gasteiger partial charge in [0.25, 0.3) is 0 Å². The lowest BCUT2D eigenvalue weighted by Gasteiger charge is -2.40. The third kappa shape index (κ3) is 4.29. The standard InChI is InChI=1S/C17H25NO3/c1-18-14(9-6-10-15(18)12-17(20)21-2)11-16(19)13-7-4-3-5-8-13/h3-5,7-8,14-16,19H,6,9-12H2,1-2H3. The van der Waals surface area contributed by atoms with E-state index in [1.165, 1.54) is 7.11 Å². The van der Waals surface area contributed by atoms with Crippen molar-refractivity contribution in [3.05, 3.63) is 35.9 Å². The monoisotopic (exact) mass is 291 g/mol. The van der Waals surface area contributed by atoms with Gasteiger partial charge < -0.3 is 9.84 Å². The van der Waals surface area contributed by atoms with Crippen LogP contribution in [0.1, 0.15) is 43.8 Å². The normalized spacial score (nSPS) is 24.5. The molecular weight excluding hydrogens is 266 g/mol. The Morgan fingerprint density at radius 1 is 1.33 bits per heavy atom. The Morgan fingerprint density at radius 2 is 2.00 bits per heavy atom. The first kappa shape index (κ1) is 16.0. The number of ether oxygens (including phenoxy) is 1. The molecular formula is C17H25NO3. The summed E-state index contributed by atoms with van der Waals surface area (Å²) in [5, 5.41) is 10.4. The Morgan fingerprint density at radius 3 is 2.67 bits per heavy atom. The summed E-state index contributed by atoms with van der Waals surface area (Å²) in [4.78, 5) is 13.7. The van der Waals surface area contributed by atoms with Crippen LogP contribution in [0.25, 0.3) is 0 Å². The number of carbonyl (C=O) groups is 1.